The summed E-state index contributed by atoms with van der Waals surface area (Å²) in [5.74, 6) is -0.351. The fraction of sp³-hybridized carbons (Fsp3) is 0.217. The molecule has 1 amide bonds. The zero-order valence-electron chi connectivity index (χ0n) is 15.7. The third-order valence-electron chi connectivity index (χ3n) is 4.82. The molecule has 3 aromatic rings. The van der Waals surface area contributed by atoms with Crippen LogP contribution in [0.1, 0.15) is 22.0 Å². The minimum Gasteiger partial charge on any atom is -0.492 e. The Bertz CT molecular complexity index is 972. The van der Waals surface area contributed by atoms with Gasteiger partial charge in [0.1, 0.15) is 12.4 Å². The number of rotatable bonds is 6. The number of ether oxygens (including phenoxy) is 2. The Labute approximate surface area is 173 Å². The summed E-state index contributed by atoms with van der Waals surface area (Å²) in [6.07, 6.45) is 0.554. The van der Waals surface area contributed by atoms with Crippen molar-refractivity contribution in [2.24, 2.45) is 5.92 Å². The number of carbonyl (C=O) groups is 2. The fourth-order valence-electron chi connectivity index (χ4n) is 3.36. The minimum atomic E-state index is -0.415. The number of hydrogen-bond donors (Lipinski definition) is 1. The molecule has 4 rings (SSSR count). The lowest BCUT2D eigenvalue weighted by molar-refractivity contribution is -0.154. The van der Waals surface area contributed by atoms with Gasteiger partial charge in [-0.3, -0.25) is 9.59 Å². The second-order valence-corrected chi connectivity index (χ2v) is 7.83. The third-order valence-corrected chi connectivity index (χ3v) is 5.76. The van der Waals surface area contributed by atoms with Gasteiger partial charge in [0.05, 0.1) is 12.0 Å². The van der Waals surface area contributed by atoms with E-state index in [0.29, 0.717) is 6.42 Å². The predicted molar refractivity (Wildman–Crippen MR) is 111 cm³/mol. The first-order valence-corrected chi connectivity index (χ1v) is 10.3. The minimum absolute atomic E-state index is 0.263. The lowest BCUT2D eigenvalue weighted by atomic mass is 9.97. The lowest BCUT2D eigenvalue weighted by Crippen LogP contribution is -2.35. The summed E-state index contributed by atoms with van der Waals surface area (Å²) in [5.41, 5.74) is 1.96. The van der Waals surface area contributed by atoms with Gasteiger partial charge < -0.3 is 14.8 Å². The second-order valence-electron chi connectivity index (χ2n) is 6.85. The van der Waals surface area contributed by atoms with E-state index in [4.69, 9.17) is 9.47 Å². The molecular weight excluding hydrogens is 386 g/mol. The van der Waals surface area contributed by atoms with E-state index in [2.05, 4.69) is 5.32 Å². The second kappa shape index (κ2) is 8.92. The quantitative estimate of drug-likeness (QED) is 0.632. The number of amides is 1. The van der Waals surface area contributed by atoms with Crippen LogP contribution in [0.5, 0.6) is 5.75 Å². The molecule has 1 aromatic heterocycles. The topological polar surface area (TPSA) is 64.6 Å². The van der Waals surface area contributed by atoms with Crippen molar-refractivity contribution in [2.75, 3.05) is 13.2 Å². The molecule has 6 heteroatoms. The monoisotopic (exact) mass is 407 g/mol. The van der Waals surface area contributed by atoms with Gasteiger partial charge in [-0.05, 0) is 35.1 Å². The highest BCUT2D eigenvalue weighted by Gasteiger charge is 2.28. The molecule has 148 valence electrons. The normalized spacial score (nSPS) is 16.2. The van der Waals surface area contributed by atoms with Crippen LogP contribution < -0.4 is 10.1 Å². The molecule has 0 saturated heterocycles. The van der Waals surface area contributed by atoms with Crippen molar-refractivity contribution in [3.8, 4) is 5.75 Å². The Hall–Kier alpha value is -3.12. The van der Waals surface area contributed by atoms with E-state index >= 15 is 0 Å². The van der Waals surface area contributed by atoms with Gasteiger partial charge in [-0.2, -0.15) is 0 Å². The summed E-state index contributed by atoms with van der Waals surface area (Å²) in [4.78, 5) is 25.9. The molecule has 1 aliphatic heterocycles. The summed E-state index contributed by atoms with van der Waals surface area (Å²) in [7, 11) is 0. The Balaban J connectivity index is 1.35. The number of thiophene rings is 1. The first-order valence-electron chi connectivity index (χ1n) is 9.46. The van der Waals surface area contributed by atoms with E-state index in [1.165, 1.54) is 0 Å². The lowest BCUT2D eigenvalue weighted by Gasteiger charge is -2.24. The molecule has 0 aliphatic carbocycles. The van der Waals surface area contributed by atoms with Gasteiger partial charge in [-0.25, -0.2) is 0 Å². The molecule has 1 aliphatic rings. The zero-order chi connectivity index (χ0) is 20.1. The first kappa shape index (κ1) is 19.2. The van der Waals surface area contributed by atoms with Crippen molar-refractivity contribution in [3.05, 3.63) is 88.1 Å². The highest BCUT2D eigenvalue weighted by atomic mass is 32.1. The van der Waals surface area contributed by atoms with E-state index in [1.54, 1.807) is 11.3 Å². The van der Waals surface area contributed by atoms with Gasteiger partial charge in [-0.15, -0.1) is 11.3 Å². The van der Waals surface area contributed by atoms with Crippen molar-refractivity contribution in [3.63, 3.8) is 0 Å². The maximum atomic E-state index is 12.5. The van der Waals surface area contributed by atoms with Crippen LogP contribution in [0, 0.1) is 5.92 Å². The molecule has 29 heavy (non-hydrogen) atoms. The Morgan fingerprint density at radius 3 is 2.66 bits per heavy atom. The third kappa shape index (κ3) is 4.66. The first-order chi connectivity index (χ1) is 14.2. The van der Waals surface area contributed by atoms with E-state index in [1.807, 2.05) is 72.1 Å². The molecule has 5 nitrogen and oxygen atoms in total. The molecule has 0 bridgehead atoms. The van der Waals surface area contributed by atoms with Crippen LogP contribution in [0.4, 0.5) is 0 Å². The molecular formula is C23H21NO4S. The molecule has 0 fully saturated rings. The van der Waals surface area contributed by atoms with Crippen molar-refractivity contribution in [2.45, 2.75) is 12.5 Å². The van der Waals surface area contributed by atoms with Gasteiger partial charge in [0.25, 0.3) is 5.91 Å². The van der Waals surface area contributed by atoms with Crippen LogP contribution in [0.15, 0.2) is 72.1 Å². The maximum absolute atomic E-state index is 12.5. The van der Waals surface area contributed by atoms with E-state index < -0.39 is 11.9 Å². The number of fused-ring (bicyclic) bond motifs is 1. The average Bonchev–Trinajstić information content (AvgIpc) is 3.30. The summed E-state index contributed by atoms with van der Waals surface area (Å²) in [6, 6.07) is 21.0. The van der Waals surface area contributed by atoms with Crippen LogP contribution in [0.3, 0.4) is 0 Å². The molecule has 2 aromatic carbocycles. The van der Waals surface area contributed by atoms with Gasteiger partial charge in [0, 0.05) is 4.88 Å². The smallest absolute Gasteiger partial charge is 0.313 e. The van der Waals surface area contributed by atoms with Crippen molar-refractivity contribution in [1.82, 2.24) is 5.32 Å². The van der Waals surface area contributed by atoms with Crippen LogP contribution in [0.25, 0.3) is 0 Å². The Morgan fingerprint density at radius 2 is 1.86 bits per heavy atom. The standard InChI is InChI=1S/C23H21NO4S/c25-21(24-22(20-11-6-12-29-20)16-7-2-1-3-8-16)15-28-23(26)18-13-17-9-4-5-10-19(17)27-14-18/h1-12,18,22H,13-15H2,(H,24,25). The molecule has 0 saturated carbocycles. The van der Waals surface area contributed by atoms with Gasteiger partial charge in [0.15, 0.2) is 6.61 Å². The Kier molecular flexibility index (Phi) is 5.91. The van der Waals surface area contributed by atoms with Crippen LogP contribution in [-0.4, -0.2) is 25.1 Å². The Morgan fingerprint density at radius 1 is 1.07 bits per heavy atom. The summed E-state index contributed by atoms with van der Waals surface area (Å²) in [5, 5.41) is 4.94. The van der Waals surface area contributed by atoms with Crippen LogP contribution in [0.2, 0.25) is 0 Å². The van der Waals surface area contributed by atoms with Gasteiger partial charge >= 0.3 is 5.97 Å². The van der Waals surface area contributed by atoms with Crippen molar-refractivity contribution < 1.29 is 19.1 Å². The summed E-state index contributed by atoms with van der Waals surface area (Å²) < 4.78 is 10.9. The number of carbonyl (C=O) groups excluding carboxylic acids is 2. The zero-order valence-corrected chi connectivity index (χ0v) is 16.6. The largest absolute Gasteiger partial charge is 0.492 e. The highest BCUT2D eigenvalue weighted by molar-refractivity contribution is 7.10. The molecule has 2 unspecified atom stereocenters. The molecule has 2 heterocycles. The predicted octanol–water partition coefficient (Wildman–Crippen LogP) is 3.75. The van der Waals surface area contributed by atoms with Crippen LogP contribution in [-0.2, 0) is 20.7 Å². The van der Waals surface area contributed by atoms with Crippen molar-refractivity contribution >= 4 is 23.2 Å². The maximum Gasteiger partial charge on any atom is 0.313 e. The number of nitrogens with one attached hydrogen (secondary N) is 1. The highest BCUT2D eigenvalue weighted by Crippen LogP contribution is 2.28. The van der Waals surface area contributed by atoms with E-state index in [9.17, 15) is 9.59 Å². The number of benzene rings is 2. The van der Waals surface area contributed by atoms with Crippen molar-refractivity contribution in [1.29, 1.82) is 0 Å². The fourth-order valence-corrected chi connectivity index (χ4v) is 4.16. The van der Waals surface area contributed by atoms with E-state index in [-0.39, 0.29) is 25.2 Å². The summed E-state index contributed by atoms with van der Waals surface area (Å²) in [6.45, 7) is -0.0506. The SMILES string of the molecule is O=C(COC(=O)C1COc2ccccc2C1)NC(c1ccccc1)c1cccs1. The van der Waals surface area contributed by atoms with Gasteiger partial charge in [0.2, 0.25) is 0 Å². The number of hydrogen-bond acceptors (Lipinski definition) is 5. The number of esters is 1. The average molecular weight is 407 g/mol. The molecule has 0 spiro atoms. The molecule has 0 radical (unpaired) electrons. The molecule has 2 atom stereocenters. The van der Waals surface area contributed by atoms with E-state index in [0.717, 1.165) is 21.8 Å². The number of para-hydroxylation sites is 1. The van der Waals surface area contributed by atoms with Crippen LogP contribution >= 0.6 is 11.3 Å². The van der Waals surface area contributed by atoms with Gasteiger partial charge in [-0.1, -0.05) is 54.6 Å². The summed E-state index contributed by atoms with van der Waals surface area (Å²) >= 11 is 1.57. The molecule has 1 N–H and O–H groups in total.